The zero-order valence-corrected chi connectivity index (χ0v) is 23.0. The molecule has 0 radical (unpaired) electrons. The molecular formula is C27H28BrN3O6S. The lowest BCUT2D eigenvalue weighted by Gasteiger charge is -2.31. The Morgan fingerprint density at radius 1 is 1.13 bits per heavy atom. The summed E-state index contributed by atoms with van der Waals surface area (Å²) >= 11 is 4.38. The van der Waals surface area contributed by atoms with E-state index in [9.17, 15) is 19.5 Å². The van der Waals surface area contributed by atoms with E-state index in [-0.39, 0.29) is 22.5 Å². The molecule has 2 heterocycles. The molecule has 0 aliphatic carbocycles. The van der Waals surface area contributed by atoms with Crippen molar-refractivity contribution in [3.63, 3.8) is 0 Å². The van der Waals surface area contributed by atoms with Crippen LogP contribution in [-0.4, -0.2) is 53.8 Å². The van der Waals surface area contributed by atoms with Gasteiger partial charge >= 0.3 is 11.9 Å². The molecule has 38 heavy (non-hydrogen) atoms. The quantitative estimate of drug-likeness (QED) is 0.217. The van der Waals surface area contributed by atoms with E-state index in [1.165, 1.54) is 0 Å². The predicted octanol–water partition coefficient (Wildman–Crippen LogP) is 5.07. The SMILES string of the molecule is Cc1ccccc1NC(=O)C(Nc1cccc(-c2sc(C(=O)O)c(OCC(=O)O)c2Br)c1)C1CCNCC1. The normalized spacial score (nSPS) is 14.5. The van der Waals surface area contributed by atoms with Crippen LogP contribution < -0.4 is 20.7 Å². The van der Waals surface area contributed by atoms with E-state index in [4.69, 9.17) is 9.84 Å². The molecule has 3 aromatic rings. The number of hydrogen-bond donors (Lipinski definition) is 5. The van der Waals surface area contributed by atoms with Crippen molar-refractivity contribution in [3.8, 4) is 16.2 Å². The maximum atomic E-state index is 13.5. The van der Waals surface area contributed by atoms with Gasteiger partial charge in [0.25, 0.3) is 0 Å². The van der Waals surface area contributed by atoms with Gasteiger partial charge in [0, 0.05) is 11.4 Å². The average molecular weight is 603 g/mol. The Kier molecular flexibility index (Phi) is 9.03. The molecule has 5 N–H and O–H groups in total. The van der Waals surface area contributed by atoms with Gasteiger partial charge in [0.05, 0.1) is 9.35 Å². The third-order valence-corrected chi connectivity index (χ3v) is 8.56. The van der Waals surface area contributed by atoms with Gasteiger partial charge in [0.15, 0.2) is 17.2 Å². The summed E-state index contributed by atoms with van der Waals surface area (Å²) in [6.45, 7) is 2.95. The number of anilines is 2. The van der Waals surface area contributed by atoms with E-state index in [1.807, 2.05) is 55.5 Å². The van der Waals surface area contributed by atoms with Crippen LogP contribution in [0.1, 0.15) is 28.1 Å². The van der Waals surface area contributed by atoms with Crippen molar-refractivity contribution in [2.75, 3.05) is 30.3 Å². The molecule has 1 fully saturated rings. The smallest absolute Gasteiger partial charge is 0.349 e. The molecule has 1 amide bonds. The van der Waals surface area contributed by atoms with Gasteiger partial charge in [-0.05, 0) is 84.0 Å². The molecule has 1 unspecified atom stereocenters. The Bertz CT molecular complexity index is 1340. The van der Waals surface area contributed by atoms with Gasteiger partial charge < -0.3 is 30.9 Å². The molecule has 200 valence electrons. The maximum absolute atomic E-state index is 13.5. The summed E-state index contributed by atoms with van der Waals surface area (Å²) in [6, 6.07) is 14.5. The number of hydrogen-bond acceptors (Lipinski definition) is 7. The van der Waals surface area contributed by atoms with Crippen LogP contribution in [0, 0.1) is 12.8 Å². The topological polar surface area (TPSA) is 137 Å². The number of benzene rings is 2. The van der Waals surface area contributed by atoms with Crippen molar-refractivity contribution in [2.24, 2.45) is 5.92 Å². The number of piperidine rings is 1. The van der Waals surface area contributed by atoms with Gasteiger partial charge in [-0.2, -0.15) is 0 Å². The van der Waals surface area contributed by atoms with Gasteiger partial charge in [0.1, 0.15) is 6.04 Å². The van der Waals surface area contributed by atoms with Crippen molar-refractivity contribution in [1.82, 2.24) is 5.32 Å². The molecule has 0 saturated carbocycles. The summed E-state index contributed by atoms with van der Waals surface area (Å²) < 4.78 is 5.64. The van der Waals surface area contributed by atoms with Crippen molar-refractivity contribution in [3.05, 3.63) is 63.4 Å². The number of ether oxygens (including phenoxy) is 1. The molecule has 9 nitrogen and oxygen atoms in total. The highest BCUT2D eigenvalue weighted by Crippen LogP contribution is 2.46. The van der Waals surface area contributed by atoms with Crippen molar-refractivity contribution in [1.29, 1.82) is 0 Å². The molecule has 0 spiro atoms. The minimum Gasteiger partial charge on any atom is -0.479 e. The van der Waals surface area contributed by atoms with E-state index < -0.39 is 24.6 Å². The maximum Gasteiger partial charge on any atom is 0.349 e. The number of amides is 1. The van der Waals surface area contributed by atoms with E-state index in [0.717, 1.165) is 48.5 Å². The molecule has 1 atom stereocenters. The van der Waals surface area contributed by atoms with Gasteiger partial charge in [0.2, 0.25) is 5.91 Å². The summed E-state index contributed by atoms with van der Waals surface area (Å²) in [5, 5.41) is 28.4. The summed E-state index contributed by atoms with van der Waals surface area (Å²) in [7, 11) is 0. The third kappa shape index (κ3) is 6.53. The van der Waals surface area contributed by atoms with Crippen LogP contribution in [0.5, 0.6) is 5.75 Å². The zero-order chi connectivity index (χ0) is 27.2. The molecule has 2 aromatic carbocycles. The number of thiophene rings is 1. The Morgan fingerprint density at radius 3 is 2.55 bits per heavy atom. The molecule has 0 bridgehead atoms. The lowest BCUT2D eigenvalue weighted by Crippen LogP contribution is -2.45. The number of aromatic carboxylic acids is 1. The van der Waals surface area contributed by atoms with Gasteiger partial charge in [-0.3, -0.25) is 4.79 Å². The van der Waals surface area contributed by atoms with Gasteiger partial charge in [-0.25, -0.2) is 9.59 Å². The van der Waals surface area contributed by atoms with Gasteiger partial charge in [-0.15, -0.1) is 11.3 Å². The number of carboxylic acid groups (broad SMARTS) is 2. The summed E-state index contributed by atoms with van der Waals surface area (Å²) in [5.41, 5.74) is 3.15. The third-order valence-electron chi connectivity index (χ3n) is 6.33. The minimum atomic E-state index is -1.21. The second-order valence-electron chi connectivity index (χ2n) is 8.99. The molecule has 1 aromatic heterocycles. The van der Waals surface area contributed by atoms with Crippen LogP contribution in [0.25, 0.3) is 10.4 Å². The summed E-state index contributed by atoms with van der Waals surface area (Å²) in [6.07, 6.45) is 1.70. The van der Waals surface area contributed by atoms with Crippen LogP contribution in [0.3, 0.4) is 0 Å². The number of aryl methyl sites for hydroxylation is 1. The molecule has 1 aliphatic heterocycles. The van der Waals surface area contributed by atoms with Crippen LogP contribution in [-0.2, 0) is 9.59 Å². The Hall–Kier alpha value is -3.41. The fourth-order valence-corrected chi connectivity index (χ4v) is 6.30. The Balaban J connectivity index is 1.63. The van der Waals surface area contributed by atoms with Crippen molar-refractivity contribution >= 4 is 56.5 Å². The monoisotopic (exact) mass is 601 g/mol. The Morgan fingerprint density at radius 2 is 1.87 bits per heavy atom. The van der Waals surface area contributed by atoms with E-state index in [2.05, 4.69) is 31.9 Å². The summed E-state index contributed by atoms with van der Waals surface area (Å²) in [4.78, 5) is 36.8. The molecule has 11 heteroatoms. The van der Waals surface area contributed by atoms with Crippen LogP contribution >= 0.6 is 27.3 Å². The lowest BCUT2D eigenvalue weighted by atomic mass is 9.89. The first kappa shape index (κ1) is 27.6. The number of halogens is 1. The first-order valence-corrected chi connectivity index (χ1v) is 13.7. The highest BCUT2D eigenvalue weighted by molar-refractivity contribution is 9.10. The highest BCUT2D eigenvalue weighted by Gasteiger charge is 2.30. The minimum absolute atomic E-state index is 0.0246. The second kappa shape index (κ2) is 12.4. The number of carboxylic acids is 2. The molecule has 4 rings (SSSR count). The highest BCUT2D eigenvalue weighted by atomic mass is 79.9. The predicted molar refractivity (Wildman–Crippen MR) is 150 cm³/mol. The van der Waals surface area contributed by atoms with E-state index in [0.29, 0.717) is 20.6 Å². The van der Waals surface area contributed by atoms with E-state index >= 15 is 0 Å². The number of carbonyl (C=O) groups is 3. The van der Waals surface area contributed by atoms with E-state index in [1.54, 1.807) is 0 Å². The van der Waals surface area contributed by atoms with Crippen LogP contribution in [0.2, 0.25) is 0 Å². The van der Waals surface area contributed by atoms with Crippen LogP contribution in [0.15, 0.2) is 53.0 Å². The first-order valence-electron chi connectivity index (χ1n) is 12.1. The second-order valence-corrected chi connectivity index (χ2v) is 10.8. The fourth-order valence-electron chi connectivity index (χ4n) is 4.41. The largest absolute Gasteiger partial charge is 0.479 e. The number of carbonyl (C=O) groups excluding carboxylic acids is 1. The number of rotatable bonds is 10. The zero-order valence-electron chi connectivity index (χ0n) is 20.6. The number of nitrogens with one attached hydrogen (secondary N) is 3. The molecule has 1 saturated heterocycles. The lowest BCUT2D eigenvalue weighted by molar-refractivity contribution is -0.139. The molecular weight excluding hydrogens is 574 g/mol. The fraction of sp³-hybridized carbons (Fsp3) is 0.296. The number of para-hydroxylation sites is 1. The van der Waals surface area contributed by atoms with Gasteiger partial charge in [-0.1, -0.05) is 30.3 Å². The first-order chi connectivity index (χ1) is 18.2. The van der Waals surface area contributed by atoms with Crippen molar-refractivity contribution < 1.29 is 29.3 Å². The number of aliphatic carboxylic acids is 1. The Labute approximate surface area is 232 Å². The average Bonchev–Trinajstić information content (AvgIpc) is 3.24. The van der Waals surface area contributed by atoms with Crippen LogP contribution in [0.4, 0.5) is 11.4 Å². The van der Waals surface area contributed by atoms with Crippen molar-refractivity contribution in [2.45, 2.75) is 25.8 Å². The summed E-state index contributed by atoms with van der Waals surface area (Å²) in [5.74, 6) is -2.45. The standard InChI is InChI=1S/C27H28BrN3O6S/c1-15-5-2-3-8-19(15)31-26(34)22(16-9-11-29-12-10-16)30-18-7-4-6-17(13-18)24-21(28)23(37-14-20(32)33)25(38-24)27(35)36/h2-8,13,16,22,29-30H,9-12,14H2,1H3,(H,31,34)(H,32,33)(H,35,36). The molecule has 1 aliphatic rings.